The van der Waals surface area contributed by atoms with E-state index in [0.29, 0.717) is 12.6 Å². The highest BCUT2D eigenvalue weighted by Crippen LogP contribution is 2.34. The average molecular weight is 353 g/mol. The summed E-state index contributed by atoms with van der Waals surface area (Å²) in [7, 11) is -6.00. The van der Waals surface area contributed by atoms with Gasteiger partial charge in [0, 0.05) is 11.5 Å². The quantitative estimate of drug-likeness (QED) is 0.658. The Hall–Kier alpha value is -2.31. The van der Waals surface area contributed by atoms with Crippen LogP contribution in [0.25, 0.3) is 16.8 Å². The van der Waals surface area contributed by atoms with Gasteiger partial charge in [-0.1, -0.05) is 24.3 Å². The first-order chi connectivity index (χ1) is 11.7. The maximum atomic E-state index is 9.75. The largest absolute Gasteiger partial charge is 0.673 e. The van der Waals surface area contributed by atoms with Gasteiger partial charge in [0.25, 0.3) is 0 Å². The lowest BCUT2D eigenvalue weighted by molar-refractivity contribution is -0.491. The maximum absolute atomic E-state index is 9.75. The van der Waals surface area contributed by atoms with E-state index in [1.165, 1.54) is 21.9 Å². The molecule has 0 saturated carbocycles. The molecule has 0 radical (unpaired) electrons. The molecular weight excluding hydrogens is 333 g/mol. The van der Waals surface area contributed by atoms with Crippen LogP contribution >= 0.6 is 0 Å². The fraction of sp³-hybridized carbons (Fsp3) is 0.278. The van der Waals surface area contributed by atoms with E-state index in [4.69, 9.17) is 4.74 Å². The van der Waals surface area contributed by atoms with Gasteiger partial charge in [-0.15, -0.1) is 0 Å². The van der Waals surface area contributed by atoms with Gasteiger partial charge in [0.15, 0.2) is 0 Å². The minimum Gasteiger partial charge on any atom is -0.493 e. The van der Waals surface area contributed by atoms with Gasteiger partial charge in [0.2, 0.25) is 5.71 Å². The lowest BCUT2D eigenvalue weighted by atomic mass is 9.91. The number of allylic oxidation sites excluding steroid dienone is 1. The number of hydrogen-bond acceptors (Lipinski definition) is 1. The third-order valence-corrected chi connectivity index (χ3v) is 3.48. The van der Waals surface area contributed by atoms with Crippen molar-refractivity contribution in [3.8, 4) is 5.75 Å². The van der Waals surface area contributed by atoms with Gasteiger partial charge >= 0.3 is 7.25 Å². The summed E-state index contributed by atoms with van der Waals surface area (Å²) in [5.41, 5.74) is 3.59. The third-order valence-electron chi connectivity index (χ3n) is 3.48. The molecule has 25 heavy (non-hydrogen) atoms. The van der Waals surface area contributed by atoms with Crippen molar-refractivity contribution in [3.05, 3.63) is 47.5 Å². The zero-order valence-electron chi connectivity index (χ0n) is 14.3. The van der Waals surface area contributed by atoms with Gasteiger partial charge in [-0.2, -0.15) is 0 Å². The molecule has 0 spiro atoms. The van der Waals surface area contributed by atoms with Gasteiger partial charge in [-0.25, -0.2) is 4.99 Å². The first-order valence-electron chi connectivity index (χ1n) is 8.08. The van der Waals surface area contributed by atoms with Crippen molar-refractivity contribution in [1.82, 2.24) is 0 Å². The molecule has 0 heterocycles. The Kier molecular flexibility index (Phi) is 5.87. The Balaban J connectivity index is 0.000000399. The zero-order chi connectivity index (χ0) is 18.6. The summed E-state index contributed by atoms with van der Waals surface area (Å²) in [6.45, 7) is 7.01. The maximum Gasteiger partial charge on any atom is 0.673 e. The molecule has 0 bridgehead atoms. The Morgan fingerprint density at radius 3 is 2.32 bits per heavy atom. The number of hydrogen-bond donors (Lipinski definition) is 1. The molecule has 0 aromatic heterocycles. The second kappa shape index (κ2) is 7.72. The highest BCUT2D eigenvalue weighted by Gasteiger charge is 2.22. The summed E-state index contributed by atoms with van der Waals surface area (Å²) >= 11 is 0. The van der Waals surface area contributed by atoms with Gasteiger partial charge in [0.05, 0.1) is 12.2 Å². The van der Waals surface area contributed by atoms with Gasteiger partial charge in [-0.05, 0) is 43.9 Å². The molecule has 1 aliphatic carbocycles. The fourth-order valence-corrected chi connectivity index (χ4v) is 2.76. The van der Waals surface area contributed by atoms with Crippen LogP contribution in [0.15, 0.2) is 36.4 Å². The summed E-state index contributed by atoms with van der Waals surface area (Å²) in [5, 5.41) is 2.54. The van der Waals surface area contributed by atoms with Crippen molar-refractivity contribution in [2.75, 3.05) is 6.61 Å². The van der Waals surface area contributed by atoms with Crippen LogP contribution in [0.1, 0.15) is 31.9 Å². The molecule has 0 fully saturated rings. The number of ether oxygens (including phenoxy) is 1. The van der Waals surface area contributed by atoms with E-state index < -0.39 is 7.25 Å². The van der Waals surface area contributed by atoms with Crippen molar-refractivity contribution in [3.63, 3.8) is 0 Å². The van der Waals surface area contributed by atoms with Crippen molar-refractivity contribution in [1.29, 1.82) is 0 Å². The first kappa shape index (κ1) is 19.0. The molecular formula is C18H20BF4NO. The van der Waals surface area contributed by atoms with Crippen LogP contribution in [0.4, 0.5) is 17.3 Å². The summed E-state index contributed by atoms with van der Waals surface area (Å²) in [6.07, 6.45) is 4.33. The van der Waals surface area contributed by atoms with Gasteiger partial charge in [0.1, 0.15) is 11.8 Å². The predicted molar refractivity (Wildman–Crippen MR) is 94.5 cm³/mol. The predicted octanol–water partition coefficient (Wildman–Crippen LogP) is 3.84. The van der Waals surface area contributed by atoms with E-state index >= 15 is 0 Å². The Morgan fingerprint density at radius 1 is 1.04 bits per heavy atom. The average Bonchev–Trinajstić information content (AvgIpc) is 2.50. The van der Waals surface area contributed by atoms with Crippen LogP contribution in [0.3, 0.4) is 0 Å². The molecule has 0 unspecified atom stereocenters. The molecule has 134 valence electrons. The molecule has 0 saturated heterocycles. The van der Waals surface area contributed by atoms with Crippen LogP contribution in [0.2, 0.25) is 0 Å². The van der Waals surface area contributed by atoms with E-state index in [0.717, 1.165) is 11.5 Å². The second-order valence-corrected chi connectivity index (χ2v) is 5.86. The Labute approximate surface area is 144 Å². The normalized spacial score (nSPS) is 14.6. The topological polar surface area (TPSA) is 23.2 Å². The minimum atomic E-state index is -6.00. The lowest BCUT2D eigenvalue weighted by Gasteiger charge is -2.16. The molecule has 7 heteroatoms. The number of halogens is 4. The minimum absolute atomic E-state index is 0.393. The summed E-state index contributed by atoms with van der Waals surface area (Å²) in [5.74, 6) is 0.958. The number of nitrogens with one attached hydrogen (secondary N) is 1. The molecule has 1 N–H and O–H groups in total. The molecule has 0 atom stereocenters. The monoisotopic (exact) mass is 353 g/mol. The SMILES string of the molecule is CCOc1ccc2cccc3c2c1C(=[NH+]C(C)C)C=C3.F[B-](F)(F)F. The van der Waals surface area contributed by atoms with Crippen LogP contribution in [-0.4, -0.2) is 25.6 Å². The highest BCUT2D eigenvalue weighted by molar-refractivity contribution is 6.50. The summed E-state index contributed by atoms with van der Waals surface area (Å²) < 4.78 is 44.8. The Bertz CT molecular complexity index is 807. The first-order valence-corrected chi connectivity index (χ1v) is 8.08. The molecule has 0 aliphatic heterocycles. The van der Waals surface area contributed by atoms with Crippen LogP contribution in [-0.2, 0) is 0 Å². The van der Waals surface area contributed by atoms with E-state index in [-0.39, 0.29) is 0 Å². The van der Waals surface area contributed by atoms with Gasteiger partial charge < -0.3 is 22.0 Å². The molecule has 1 aliphatic rings. The summed E-state index contributed by atoms with van der Waals surface area (Å²) in [6, 6.07) is 11.0. The van der Waals surface area contributed by atoms with Crippen LogP contribution < -0.4 is 9.73 Å². The van der Waals surface area contributed by atoms with Crippen molar-refractivity contribution < 1.29 is 27.0 Å². The van der Waals surface area contributed by atoms with E-state index in [2.05, 4.69) is 61.3 Å². The lowest BCUT2D eigenvalue weighted by Crippen LogP contribution is -2.77. The van der Waals surface area contributed by atoms with Crippen LogP contribution in [0.5, 0.6) is 5.75 Å². The van der Waals surface area contributed by atoms with E-state index in [1.807, 2.05) is 6.92 Å². The number of benzene rings is 2. The van der Waals surface area contributed by atoms with E-state index in [9.17, 15) is 17.3 Å². The van der Waals surface area contributed by atoms with Crippen molar-refractivity contribution in [2.45, 2.75) is 26.8 Å². The Morgan fingerprint density at radius 2 is 1.72 bits per heavy atom. The second-order valence-electron chi connectivity index (χ2n) is 5.86. The molecule has 2 aromatic rings. The standard InChI is InChI=1S/C18H19NO.BF4/c1-4-20-16-11-9-14-7-5-6-13-8-10-15(19-12(2)3)18(16)17(13)14;2-1(3,4)5/h5-12H,4H2,1-3H3;/q;-1/p+1. The molecule has 3 rings (SSSR count). The smallest absolute Gasteiger partial charge is 0.493 e. The third kappa shape index (κ3) is 5.08. The molecule has 0 amide bonds. The van der Waals surface area contributed by atoms with Gasteiger partial charge in [-0.3, -0.25) is 0 Å². The summed E-state index contributed by atoms with van der Waals surface area (Å²) in [4.78, 5) is 3.53. The van der Waals surface area contributed by atoms with E-state index in [1.54, 1.807) is 0 Å². The van der Waals surface area contributed by atoms with Crippen molar-refractivity contribution in [2.24, 2.45) is 0 Å². The number of rotatable bonds is 3. The molecule has 2 aromatic carbocycles. The fourth-order valence-electron chi connectivity index (χ4n) is 2.76. The zero-order valence-corrected chi connectivity index (χ0v) is 14.3. The van der Waals surface area contributed by atoms with Crippen LogP contribution in [0, 0.1) is 0 Å². The highest BCUT2D eigenvalue weighted by atomic mass is 19.5. The molecule has 2 nitrogen and oxygen atoms in total. The van der Waals surface area contributed by atoms with Crippen molar-refractivity contribution >= 4 is 29.8 Å².